The number of aliphatic hydroxyl groups is 1. The largest absolute Gasteiger partial charge is 0.396 e. The molecule has 1 heterocycles. The number of fused-ring (bicyclic) bond motifs is 2. The van der Waals surface area contributed by atoms with E-state index in [1.807, 2.05) is 5.38 Å². The summed E-state index contributed by atoms with van der Waals surface area (Å²) in [5.74, 6) is 1.68. The van der Waals surface area contributed by atoms with E-state index >= 15 is 0 Å². The van der Waals surface area contributed by atoms with E-state index in [0.717, 1.165) is 6.42 Å². The Morgan fingerprint density at radius 2 is 2.26 bits per heavy atom. The summed E-state index contributed by atoms with van der Waals surface area (Å²) in [4.78, 5) is 12.0. The molecule has 3 nitrogen and oxygen atoms in total. The summed E-state index contributed by atoms with van der Waals surface area (Å²) in [6.45, 7) is 0.219. The molecule has 1 aromatic rings. The molecule has 2 saturated carbocycles. The molecular formula is C15H21NO2S. The van der Waals surface area contributed by atoms with Crippen molar-refractivity contribution >= 4 is 17.2 Å². The first-order valence-corrected chi connectivity index (χ1v) is 8.13. The minimum absolute atomic E-state index is 0.141. The fraction of sp³-hybridized carbons (Fsp3) is 0.667. The van der Waals surface area contributed by atoms with E-state index in [1.54, 1.807) is 11.3 Å². The average molecular weight is 279 g/mol. The van der Waals surface area contributed by atoms with Crippen LogP contribution >= 0.6 is 11.3 Å². The molecule has 4 unspecified atom stereocenters. The maximum absolute atomic E-state index is 12.0. The van der Waals surface area contributed by atoms with Crippen molar-refractivity contribution in [3.63, 3.8) is 0 Å². The lowest BCUT2D eigenvalue weighted by Gasteiger charge is -2.30. The zero-order chi connectivity index (χ0) is 13.2. The van der Waals surface area contributed by atoms with Gasteiger partial charge in [0.1, 0.15) is 0 Å². The van der Waals surface area contributed by atoms with Gasteiger partial charge in [0.2, 0.25) is 5.91 Å². The Kier molecular flexibility index (Phi) is 3.89. The van der Waals surface area contributed by atoms with Gasteiger partial charge < -0.3 is 10.4 Å². The third kappa shape index (κ3) is 2.70. The molecule has 0 spiro atoms. The number of aryl methyl sites for hydroxylation is 1. The van der Waals surface area contributed by atoms with Crippen LogP contribution < -0.4 is 5.32 Å². The first-order valence-electron chi connectivity index (χ1n) is 7.19. The Hall–Kier alpha value is -0.870. The lowest BCUT2D eigenvalue weighted by atomic mass is 9.85. The van der Waals surface area contributed by atoms with Crippen LogP contribution in [0.4, 0.5) is 0 Å². The number of hydrogen-bond acceptors (Lipinski definition) is 3. The van der Waals surface area contributed by atoms with Crippen LogP contribution in [-0.2, 0) is 11.2 Å². The molecule has 4 atom stereocenters. The Labute approximate surface area is 118 Å². The van der Waals surface area contributed by atoms with Crippen LogP contribution in [0.25, 0.3) is 0 Å². The standard InChI is InChI=1S/C15H21NO2S/c17-8-13-11-2-3-12(7-11)15(13)16-14(18)4-1-10-5-6-19-9-10/h5-6,9,11-13,15,17H,1-4,7-8H2,(H,16,18). The zero-order valence-corrected chi connectivity index (χ0v) is 11.9. The number of hydrogen-bond donors (Lipinski definition) is 2. The van der Waals surface area contributed by atoms with Crippen molar-refractivity contribution in [3.8, 4) is 0 Å². The van der Waals surface area contributed by atoms with E-state index < -0.39 is 0 Å². The van der Waals surface area contributed by atoms with Gasteiger partial charge in [-0.05, 0) is 59.9 Å². The number of rotatable bonds is 5. The molecule has 0 radical (unpaired) electrons. The number of nitrogens with one attached hydrogen (secondary N) is 1. The Morgan fingerprint density at radius 1 is 1.42 bits per heavy atom. The van der Waals surface area contributed by atoms with Crippen molar-refractivity contribution in [2.24, 2.45) is 17.8 Å². The number of aliphatic hydroxyl groups excluding tert-OH is 1. The molecule has 0 saturated heterocycles. The molecule has 2 aliphatic rings. The predicted molar refractivity (Wildman–Crippen MR) is 76.0 cm³/mol. The van der Waals surface area contributed by atoms with Crippen molar-refractivity contribution in [2.75, 3.05) is 6.61 Å². The first-order chi connectivity index (χ1) is 9.28. The minimum atomic E-state index is 0.141. The maximum atomic E-state index is 12.0. The van der Waals surface area contributed by atoms with Gasteiger partial charge in [-0.15, -0.1) is 0 Å². The van der Waals surface area contributed by atoms with E-state index in [2.05, 4.69) is 16.8 Å². The molecule has 2 N–H and O–H groups in total. The molecule has 3 rings (SSSR count). The number of carbonyl (C=O) groups excluding carboxylic acids is 1. The molecular weight excluding hydrogens is 258 g/mol. The van der Waals surface area contributed by atoms with E-state index in [1.165, 1.54) is 24.8 Å². The molecule has 2 bridgehead atoms. The van der Waals surface area contributed by atoms with Crippen molar-refractivity contribution < 1.29 is 9.90 Å². The third-order valence-corrected chi connectivity index (χ3v) is 5.58. The van der Waals surface area contributed by atoms with Gasteiger partial charge in [-0.2, -0.15) is 11.3 Å². The van der Waals surface area contributed by atoms with E-state index in [4.69, 9.17) is 0 Å². The highest BCUT2D eigenvalue weighted by Gasteiger charge is 2.47. The van der Waals surface area contributed by atoms with Crippen molar-refractivity contribution in [3.05, 3.63) is 22.4 Å². The fourth-order valence-electron chi connectivity index (χ4n) is 3.85. The molecule has 0 aromatic carbocycles. The van der Waals surface area contributed by atoms with Gasteiger partial charge in [0, 0.05) is 25.0 Å². The van der Waals surface area contributed by atoms with Gasteiger partial charge >= 0.3 is 0 Å². The predicted octanol–water partition coefficient (Wildman–Crippen LogP) is 2.20. The van der Waals surface area contributed by atoms with E-state index in [9.17, 15) is 9.90 Å². The summed E-state index contributed by atoms with van der Waals surface area (Å²) in [6, 6.07) is 2.30. The SMILES string of the molecule is O=C(CCc1ccsc1)NC1C2CCC(C2)C1CO. The highest BCUT2D eigenvalue weighted by Crippen LogP contribution is 2.48. The summed E-state index contributed by atoms with van der Waals surface area (Å²) in [6.07, 6.45) is 5.03. The van der Waals surface area contributed by atoms with Crippen LogP contribution in [0.3, 0.4) is 0 Å². The highest BCUT2D eigenvalue weighted by atomic mass is 32.1. The Balaban J connectivity index is 1.51. The van der Waals surface area contributed by atoms with Gasteiger partial charge in [0.15, 0.2) is 0 Å². The van der Waals surface area contributed by atoms with Gasteiger partial charge in [0.05, 0.1) is 0 Å². The van der Waals surface area contributed by atoms with Crippen LogP contribution in [0.5, 0.6) is 0 Å². The van der Waals surface area contributed by atoms with Gasteiger partial charge in [-0.25, -0.2) is 0 Å². The fourth-order valence-corrected chi connectivity index (χ4v) is 4.55. The van der Waals surface area contributed by atoms with Crippen LogP contribution in [0.2, 0.25) is 0 Å². The molecule has 2 fully saturated rings. The lowest BCUT2D eigenvalue weighted by Crippen LogP contribution is -2.45. The molecule has 104 valence electrons. The molecule has 2 aliphatic carbocycles. The minimum Gasteiger partial charge on any atom is -0.396 e. The summed E-state index contributed by atoms with van der Waals surface area (Å²) in [5, 5.41) is 16.8. The van der Waals surface area contributed by atoms with Gasteiger partial charge in [-0.1, -0.05) is 0 Å². The summed E-state index contributed by atoms with van der Waals surface area (Å²) in [5.41, 5.74) is 1.24. The van der Waals surface area contributed by atoms with E-state index in [0.29, 0.717) is 24.2 Å². The van der Waals surface area contributed by atoms with Crippen molar-refractivity contribution in [1.82, 2.24) is 5.32 Å². The molecule has 19 heavy (non-hydrogen) atoms. The second kappa shape index (κ2) is 5.63. The normalized spacial score (nSPS) is 32.7. The Bertz CT molecular complexity index is 431. The van der Waals surface area contributed by atoms with Crippen LogP contribution in [-0.4, -0.2) is 23.7 Å². The second-order valence-electron chi connectivity index (χ2n) is 5.90. The van der Waals surface area contributed by atoms with Crippen LogP contribution in [0.15, 0.2) is 16.8 Å². The lowest BCUT2D eigenvalue weighted by molar-refractivity contribution is -0.122. The zero-order valence-electron chi connectivity index (χ0n) is 11.0. The molecule has 4 heteroatoms. The van der Waals surface area contributed by atoms with Gasteiger partial charge in [-0.3, -0.25) is 4.79 Å². The Morgan fingerprint density at radius 3 is 3.00 bits per heavy atom. The summed E-state index contributed by atoms with van der Waals surface area (Å²) < 4.78 is 0. The number of thiophene rings is 1. The highest BCUT2D eigenvalue weighted by molar-refractivity contribution is 7.07. The van der Waals surface area contributed by atoms with E-state index in [-0.39, 0.29) is 18.6 Å². The van der Waals surface area contributed by atoms with Crippen molar-refractivity contribution in [1.29, 1.82) is 0 Å². The first kappa shape index (κ1) is 13.1. The smallest absolute Gasteiger partial charge is 0.220 e. The molecule has 1 aromatic heterocycles. The second-order valence-corrected chi connectivity index (χ2v) is 6.68. The molecule has 1 amide bonds. The van der Waals surface area contributed by atoms with Gasteiger partial charge in [0.25, 0.3) is 0 Å². The summed E-state index contributed by atoms with van der Waals surface area (Å²) >= 11 is 1.67. The van der Waals surface area contributed by atoms with Crippen LogP contribution in [0.1, 0.15) is 31.2 Å². The van der Waals surface area contributed by atoms with Crippen LogP contribution in [0, 0.1) is 17.8 Å². The topological polar surface area (TPSA) is 49.3 Å². The molecule has 0 aliphatic heterocycles. The average Bonchev–Trinajstić information content (AvgIpc) is 3.13. The number of amides is 1. The number of carbonyl (C=O) groups is 1. The monoisotopic (exact) mass is 279 g/mol. The third-order valence-electron chi connectivity index (χ3n) is 4.85. The summed E-state index contributed by atoms with van der Waals surface area (Å²) in [7, 11) is 0. The quantitative estimate of drug-likeness (QED) is 0.868. The maximum Gasteiger partial charge on any atom is 0.220 e. The van der Waals surface area contributed by atoms with Crippen molar-refractivity contribution in [2.45, 2.75) is 38.1 Å².